The van der Waals surface area contributed by atoms with E-state index in [2.05, 4.69) is 20.8 Å². The van der Waals surface area contributed by atoms with Gasteiger partial charge in [-0.3, -0.25) is 14.6 Å². The van der Waals surface area contributed by atoms with Gasteiger partial charge in [-0.1, -0.05) is 39.4 Å². The molecule has 1 fully saturated rings. The van der Waals surface area contributed by atoms with Crippen LogP contribution in [0.1, 0.15) is 6.42 Å². The quantitative estimate of drug-likeness (QED) is 0.422. The Morgan fingerprint density at radius 1 is 1.22 bits per heavy atom. The standard InChI is InChI=1S/C23H26BrN3O4S/c1-29-19-5-2-3-6-20(19)31-16-22(28)27(10-4-9-26-11-13-30-14-12-26)23-25-18-8-7-17(24)15-21(18)32-23/h2-3,5-8,15H,4,9-14,16H2,1H3. The first-order valence-corrected chi connectivity index (χ1v) is 12.2. The summed E-state index contributed by atoms with van der Waals surface area (Å²) in [6.07, 6.45) is 0.847. The Balaban J connectivity index is 1.48. The van der Waals surface area contributed by atoms with Crippen LogP contribution in [0.3, 0.4) is 0 Å². The number of fused-ring (bicyclic) bond motifs is 1. The lowest BCUT2D eigenvalue weighted by Gasteiger charge is -2.27. The number of hydrogen-bond donors (Lipinski definition) is 0. The van der Waals surface area contributed by atoms with E-state index < -0.39 is 0 Å². The van der Waals surface area contributed by atoms with Crippen molar-refractivity contribution in [3.8, 4) is 11.5 Å². The smallest absolute Gasteiger partial charge is 0.266 e. The van der Waals surface area contributed by atoms with Crippen molar-refractivity contribution < 1.29 is 19.0 Å². The number of carbonyl (C=O) groups is 1. The highest BCUT2D eigenvalue weighted by molar-refractivity contribution is 9.10. The molecule has 1 amide bonds. The van der Waals surface area contributed by atoms with Gasteiger partial charge < -0.3 is 14.2 Å². The van der Waals surface area contributed by atoms with E-state index in [1.807, 2.05) is 36.4 Å². The van der Waals surface area contributed by atoms with Crippen molar-refractivity contribution in [1.82, 2.24) is 9.88 Å². The van der Waals surface area contributed by atoms with E-state index in [0.717, 1.165) is 54.0 Å². The molecule has 32 heavy (non-hydrogen) atoms. The number of halogens is 1. The number of carbonyl (C=O) groups excluding carboxylic acids is 1. The van der Waals surface area contributed by atoms with Crippen molar-refractivity contribution in [3.05, 3.63) is 46.9 Å². The number of hydrogen-bond acceptors (Lipinski definition) is 7. The van der Waals surface area contributed by atoms with Crippen LogP contribution in [0, 0.1) is 0 Å². The first-order valence-electron chi connectivity index (χ1n) is 10.6. The molecule has 0 unspecified atom stereocenters. The van der Waals surface area contributed by atoms with Crippen molar-refractivity contribution in [2.75, 3.05) is 58.0 Å². The van der Waals surface area contributed by atoms with Crippen LogP contribution >= 0.6 is 27.3 Å². The second kappa shape index (κ2) is 11.1. The van der Waals surface area contributed by atoms with Crippen LogP contribution in [0.15, 0.2) is 46.9 Å². The number of anilines is 1. The number of morpholine rings is 1. The molecule has 0 radical (unpaired) electrons. The van der Waals surface area contributed by atoms with E-state index in [4.69, 9.17) is 19.2 Å². The maximum absolute atomic E-state index is 13.2. The van der Waals surface area contributed by atoms with Gasteiger partial charge in [-0.15, -0.1) is 0 Å². The van der Waals surface area contributed by atoms with Gasteiger partial charge in [0, 0.05) is 30.7 Å². The summed E-state index contributed by atoms with van der Waals surface area (Å²) in [5, 5.41) is 0.689. The van der Waals surface area contributed by atoms with Crippen molar-refractivity contribution in [1.29, 1.82) is 0 Å². The van der Waals surface area contributed by atoms with Gasteiger partial charge in [-0.25, -0.2) is 4.98 Å². The molecule has 7 nitrogen and oxygen atoms in total. The minimum absolute atomic E-state index is 0.0858. The highest BCUT2D eigenvalue weighted by Crippen LogP contribution is 2.31. The van der Waals surface area contributed by atoms with Crippen LogP contribution in [0.5, 0.6) is 11.5 Å². The Labute approximate surface area is 200 Å². The molecule has 3 aromatic rings. The summed E-state index contributed by atoms with van der Waals surface area (Å²) >= 11 is 5.02. The zero-order valence-corrected chi connectivity index (χ0v) is 20.4. The van der Waals surface area contributed by atoms with E-state index in [9.17, 15) is 4.79 Å². The van der Waals surface area contributed by atoms with E-state index in [-0.39, 0.29) is 12.5 Å². The van der Waals surface area contributed by atoms with Gasteiger partial charge in [0.25, 0.3) is 5.91 Å². The first kappa shape index (κ1) is 23.0. The summed E-state index contributed by atoms with van der Waals surface area (Å²) in [5.74, 6) is 1.02. The van der Waals surface area contributed by atoms with E-state index in [0.29, 0.717) is 23.2 Å². The molecule has 1 aliphatic heterocycles. The van der Waals surface area contributed by atoms with Crippen LogP contribution < -0.4 is 14.4 Å². The lowest BCUT2D eigenvalue weighted by Crippen LogP contribution is -2.40. The minimum atomic E-state index is -0.129. The number of ether oxygens (including phenoxy) is 3. The fourth-order valence-electron chi connectivity index (χ4n) is 3.56. The normalized spacial score (nSPS) is 14.4. The molecule has 0 aliphatic carbocycles. The Hall–Kier alpha value is -2.20. The molecule has 0 N–H and O–H groups in total. The summed E-state index contributed by atoms with van der Waals surface area (Å²) in [6.45, 7) is 4.80. The molecule has 0 saturated carbocycles. The average Bonchev–Trinajstić information content (AvgIpc) is 3.23. The number of nitrogens with zero attached hydrogens (tertiary/aromatic N) is 3. The van der Waals surface area contributed by atoms with E-state index in [1.54, 1.807) is 18.1 Å². The molecule has 9 heteroatoms. The third kappa shape index (κ3) is 5.78. The van der Waals surface area contributed by atoms with Crippen molar-refractivity contribution >= 4 is 48.5 Å². The zero-order chi connectivity index (χ0) is 22.3. The van der Waals surface area contributed by atoms with Gasteiger partial charge in [-0.05, 0) is 36.8 Å². The highest BCUT2D eigenvalue weighted by atomic mass is 79.9. The number of rotatable bonds is 9. The third-order valence-electron chi connectivity index (χ3n) is 5.25. The lowest BCUT2D eigenvalue weighted by atomic mass is 10.3. The van der Waals surface area contributed by atoms with Crippen LogP contribution in [0.25, 0.3) is 10.2 Å². The number of aromatic nitrogens is 1. The van der Waals surface area contributed by atoms with Gasteiger partial charge >= 0.3 is 0 Å². The maximum atomic E-state index is 13.2. The molecule has 170 valence electrons. The Bertz CT molecular complexity index is 1050. The fraction of sp³-hybridized carbons (Fsp3) is 0.391. The monoisotopic (exact) mass is 519 g/mol. The van der Waals surface area contributed by atoms with Crippen LogP contribution in [0.2, 0.25) is 0 Å². The second-order valence-electron chi connectivity index (χ2n) is 7.40. The fourth-order valence-corrected chi connectivity index (χ4v) is 5.12. The summed E-state index contributed by atoms with van der Waals surface area (Å²) < 4.78 is 18.6. The van der Waals surface area contributed by atoms with E-state index >= 15 is 0 Å². The first-order chi connectivity index (χ1) is 15.6. The molecule has 2 aromatic carbocycles. The highest BCUT2D eigenvalue weighted by Gasteiger charge is 2.21. The molecule has 1 saturated heterocycles. The molecule has 1 aromatic heterocycles. The number of para-hydroxylation sites is 2. The lowest BCUT2D eigenvalue weighted by molar-refractivity contribution is -0.120. The molecule has 4 rings (SSSR count). The average molecular weight is 520 g/mol. The number of thiazole rings is 1. The van der Waals surface area contributed by atoms with Crippen molar-refractivity contribution in [2.45, 2.75) is 6.42 Å². The summed E-state index contributed by atoms with van der Waals surface area (Å²) in [6, 6.07) is 13.3. The molecule has 0 bridgehead atoms. The van der Waals surface area contributed by atoms with Crippen LogP contribution in [-0.4, -0.2) is 68.9 Å². The number of benzene rings is 2. The van der Waals surface area contributed by atoms with Gasteiger partial charge in [-0.2, -0.15) is 0 Å². The van der Waals surface area contributed by atoms with Crippen molar-refractivity contribution in [2.24, 2.45) is 0 Å². The second-order valence-corrected chi connectivity index (χ2v) is 9.33. The summed E-state index contributed by atoms with van der Waals surface area (Å²) in [4.78, 5) is 22.1. The summed E-state index contributed by atoms with van der Waals surface area (Å²) in [7, 11) is 1.58. The molecule has 1 aliphatic rings. The molecule has 2 heterocycles. The maximum Gasteiger partial charge on any atom is 0.266 e. The van der Waals surface area contributed by atoms with Crippen LogP contribution in [-0.2, 0) is 9.53 Å². The van der Waals surface area contributed by atoms with Gasteiger partial charge in [0.2, 0.25) is 0 Å². The SMILES string of the molecule is COc1ccccc1OCC(=O)N(CCCN1CCOCC1)c1nc2ccc(Br)cc2s1. The predicted octanol–water partition coefficient (Wildman–Crippen LogP) is 4.20. The topological polar surface area (TPSA) is 64.1 Å². The third-order valence-corrected chi connectivity index (χ3v) is 6.79. The van der Waals surface area contributed by atoms with E-state index in [1.165, 1.54) is 11.3 Å². The molecule has 0 spiro atoms. The molecular formula is C23H26BrN3O4S. The number of methoxy groups -OCH3 is 1. The Morgan fingerprint density at radius 3 is 2.78 bits per heavy atom. The molecular weight excluding hydrogens is 494 g/mol. The van der Waals surface area contributed by atoms with Crippen molar-refractivity contribution in [3.63, 3.8) is 0 Å². The largest absolute Gasteiger partial charge is 0.493 e. The Kier molecular flexibility index (Phi) is 7.96. The molecule has 0 atom stereocenters. The number of amides is 1. The summed E-state index contributed by atoms with van der Waals surface area (Å²) in [5.41, 5.74) is 0.879. The Morgan fingerprint density at radius 2 is 2.00 bits per heavy atom. The van der Waals surface area contributed by atoms with Gasteiger partial charge in [0.1, 0.15) is 0 Å². The van der Waals surface area contributed by atoms with Gasteiger partial charge in [0.05, 0.1) is 30.5 Å². The van der Waals surface area contributed by atoms with Crippen LogP contribution in [0.4, 0.5) is 5.13 Å². The van der Waals surface area contributed by atoms with Gasteiger partial charge in [0.15, 0.2) is 23.2 Å². The minimum Gasteiger partial charge on any atom is -0.493 e. The predicted molar refractivity (Wildman–Crippen MR) is 130 cm³/mol. The zero-order valence-electron chi connectivity index (χ0n) is 18.0.